The van der Waals surface area contributed by atoms with E-state index in [4.69, 9.17) is 9.47 Å². The molecule has 0 unspecified atom stereocenters. The highest BCUT2D eigenvalue weighted by molar-refractivity contribution is 5.98. The molecular weight excluding hydrogens is 382 g/mol. The lowest BCUT2D eigenvalue weighted by molar-refractivity contribution is -0.114. The number of carbonyl (C=O) groups is 2. The summed E-state index contributed by atoms with van der Waals surface area (Å²) in [5.74, 6) is 0.541. The topological polar surface area (TPSA) is 79.9 Å². The molecule has 1 aliphatic rings. The van der Waals surface area contributed by atoms with Gasteiger partial charge in [-0.1, -0.05) is 12.1 Å². The highest BCUT2D eigenvalue weighted by atomic mass is 16.5. The normalized spacial score (nSPS) is 13.6. The molecule has 1 aliphatic heterocycles. The van der Waals surface area contributed by atoms with Crippen LogP contribution in [0, 0.1) is 0 Å². The van der Waals surface area contributed by atoms with Crippen molar-refractivity contribution in [2.45, 2.75) is 19.3 Å². The molecule has 0 bridgehead atoms. The lowest BCUT2D eigenvalue weighted by atomic mass is 10.1. The van der Waals surface area contributed by atoms with E-state index in [1.54, 1.807) is 31.4 Å². The molecule has 0 aliphatic carbocycles. The Hall–Kier alpha value is -3.06. The van der Waals surface area contributed by atoms with Crippen molar-refractivity contribution in [3.8, 4) is 5.75 Å². The fraction of sp³-hybridized carbons (Fsp3) is 0.391. The maximum atomic E-state index is 12.7. The number of hydrogen-bond acceptors (Lipinski definition) is 5. The number of ether oxygens (including phenoxy) is 2. The lowest BCUT2D eigenvalue weighted by Gasteiger charge is -2.26. The maximum Gasteiger partial charge on any atom is 0.253 e. The Morgan fingerprint density at radius 2 is 1.73 bits per heavy atom. The van der Waals surface area contributed by atoms with Crippen LogP contribution >= 0.6 is 0 Å². The Balaban J connectivity index is 1.51. The van der Waals surface area contributed by atoms with E-state index in [-0.39, 0.29) is 18.4 Å². The van der Waals surface area contributed by atoms with Crippen molar-refractivity contribution in [2.24, 2.45) is 0 Å². The summed E-state index contributed by atoms with van der Waals surface area (Å²) in [5.41, 5.74) is 2.00. The molecule has 2 aromatic carbocycles. The fourth-order valence-corrected chi connectivity index (χ4v) is 3.34. The van der Waals surface area contributed by atoms with E-state index in [0.717, 1.165) is 31.6 Å². The summed E-state index contributed by atoms with van der Waals surface area (Å²) in [6.45, 7) is 2.68. The zero-order valence-electron chi connectivity index (χ0n) is 17.4. The van der Waals surface area contributed by atoms with Gasteiger partial charge in [0.15, 0.2) is 0 Å². The highest BCUT2D eigenvalue weighted by Gasteiger charge is 2.18. The SMILES string of the molecule is COCCOc1cccc(NCC(=O)Nc2cccc(C(=O)N3CCCCC3)c2)c1. The molecule has 0 spiro atoms. The van der Waals surface area contributed by atoms with Crippen molar-refractivity contribution >= 4 is 23.2 Å². The first-order valence-electron chi connectivity index (χ1n) is 10.3. The Morgan fingerprint density at radius 3 is 2.53 bits per heavy atom. The minimum absolute atomic E-state index is 0.0224. The first kappa shape index (κ1) is 21.6. The van der Waals surface area contributed by atoms with Crippen LogP contribution in [0.25, 0.3) is 0 Å². The molecule has 2 N–H and O–H groups in total. The van der Waals surface area contributed by atoms with Gasteiger partial charge in [0.1, 0.15) is 12.4 Å². The maximum absolute atomic E-state index is 12.7. The highest BCUT2D eigenvalue weighted by Crippen LogP contribution is 2.18. The summed E-state index contributed by atoms with van der Waals surface area (Å²) in [5, 5.41) is 5.93. The number of piperidine rings is 1. The smallest absolute Gasteiger partial charge is 0.253 e. The average molecular weight is 412 g/mol. The number of amides is 2. The van der Waals surface area contributed by atoms with E-state index in [2.05, 4.69) is 10.6 Å². The number of likely N-dealkylation sites (tertiary alicyclic amines) is 1. The first-order valence-corrected chi connectivity index (χ1v) is 10.3. The summed E-state index contributed by atoms with van der Waals surface area (Å²) < 4.78 is 10.5. The third kappa shape index (κ3) is 6.49. The van der Waals surface area contributed by atoms with E-state index in [0.29, 0.717) is 30.2 Å². The lowest BCUT2D eigenvalue weighted by Crippen LogP contribution is -2.35. The molecule has 1 saturated heterocycles. The largest absolute Gasteiger partial charge is 0.491 e. The number of anilines is 2. The molecule has 0 saturated carbocycles. The third-order valence-electron chi connectivity index (χ3n) is 4.88. The van der Waals surface area contributed by atoms with Crippen LogP contribution in [0.4, 0.5) is 11.4 Å². The van der Waals surface area contributed by atoms with Crippen molar-refractivity contribution in [1.29, 1.82) is 0 Å². The zero-order valence-corrected chi connectivity index (χ0v) is 17.4. The zero-order chi connectivity index (χ0) is 21.2. The van der Waals surface area contributed by atoms with Gasteiger partial charge in [0.25, 0.3) is 5.91 Å². The molecule has 7 nitrogen and oxygen atoms in total. The molecule has 3 rings (SSSR count). The molecule has 0 atom stereocenters. The van der Waals surface area contributed by atoms with Gasteiger partial charge >= 0.3 is 0 Å². The van der Waals surface area contributed by atoms with E-state index in [9.17, 15) is 9.59 Å². The number of hydrogen-bond donors (Lipinski definition) is 2. The predicted octanol–water partition coefficient (Wildman–Crippen LogP) is 3.39. The molecule has 30 heavy (non-hydrogen) atoms. The molecule has 7 heteroatoms. The molecule has 1 heterocycles. The summed E-state index contributed by atoms with van der Waals surface area (Å²) in [6.07, 6.45) is 3.27. The van der Waals surface area contributed by atoms with E-state index >= 15 is 0 Å². The molecule has 0 aromatic heterocycles. The number of nitrogens with one attached hydrogen (secondary N) is 2. The predicted molar refractivity (Wildman–Crippen MR) is 117 cm³/mol. The van der Waals surface area contributed by atoms with Crippen LogP contribution in [0.2, 0.25) is 0 Å². The third-order valence-corrected chi connectivity index (χ3v) is 4.88. The van der Waals surface area contributed by atoms with Crippen LogP contribution in [0.3, 0.4) is 0 Å². The quantitative estimate of drug-likeness (QED) is 0.619. The number of methoxy groups -OCH3 is 1. The van der Waals surface area contributed by atoms with E-state index in [1.807, 2.05) is 29.2 Å². The van der Waals surface area contributed by atoms with Crippen molar-refractivity contribution in [1.82, 2.24) is 4.90 Å². The number of rotatable bonds is 9. The van der Waals surface area contributed by atoms with Gasteiger partial charge in [0.2, 0.25) is 5.91 Å². The molecule has 0 radical (unpaired) electrons. The van der Waals surface area contributed by atoms with Gasteiger partial charge < -0.3 is 25.0 Å². The summed E-state index contributed by atoms with van der Waals surface area (Å²) in [4.78, 5) is 26.9. The van der Waals surface area contributed by atoms with Gasteiger partial charge in [-0.05, 0) is 49.6 Å². The number of carbonyl (C=O) groups excluding carboxylic acids is 2. The van der Waals surface area contributed by atoms with Gasteiger partial charge in [-0.15, -0.1) is 0 Å². The van der Waals surface area contributed by atoms with Crippen LogP contribution in [0.15, 0.2) is 48.5 Å². The monoisotopic (exact) mass is 411 g/mol. The van der Waals surface area contributed by atoms with Gasteiger partial charge in [-0.25, -0.2) is 0 Å². The average Bonchev–Trinajstić information content (AvgIpc) is 2.78. The van der Waals surface area contributed by atoms with Gasteiger partial charge in [0.05, 0.1) is 13.2 Å². The second kappa shape index (κ2) is 11.2. The molecule has 2 amide bonds. The second-order valence-corrected chi connectivity index (χ2v) is 7.20. The van der Waals surface area contributed by atoms with Crippen molar-refractivity contribution in [2.75, 3.05) is 50.6 Å². The Morgan fingerprint density at radius 1 is 0.967 bits per heavy atom. The first-order chi connectivity index (χ1) is 14.7. The summed E-state index contributed by atoms with van der Waals surface area (Å²) >= 11 is 0. The van der Waals surface area contributed by atoms with Crippen molar-refractivity contribution in [3.05, 3.63) is 54.1 Å². The van der Waals surface area contributed by atoms with Crippen LogP contribution < -0.4 is 15.4 Å². The molecule has 1 fully saturated rings. The Kier molecular flexibility index (Phi) is 8.09. The van der Waals surface area contributed by atoms with Crippen molar-refractivity contribution < 1.29 is 19.1 Å². The second-order valence-electron chi connectivity index (χ2n) is 7.20. The summed E-state index contributed by atoms with van der Waals surface area (Å²) in [6, 6.07) is 14.5. The van der Waals surface area contributed by atoms with Crippen molar-refractivity contribution in [3.63, 3.8) is 0 Å². The van der Waals surface area contributed by atoms with Gasteiger partial charge in [0, 0.05) is 43.2 Å². The minimum atomic E-state index is -0.191. The Bertz CT molecular complexity index is 850. The Labute approximate surface area is 177 Å². The standard InChI is InChI=1S/C23H29N3O4/c1-29-13-14-30-21-10-6-8-19(16-21)24-17-22(27)25-20-9-5-7-18(15-20)23(28)26-11-3-2-4-12-26/h5-10,15-16,24H,2-4,11-14,17H2,1H3,(H,25,27). The van der Waals surface area contributed by atoms with Gasteiger partial charge in [-0.2, -0.15) is 0 Å². The minimum Gasteiger partial charge on any atom is -0.491 e. The van der Waals surface area contributed by atoms with Gasteiger partial charge in [-0.3, -0.25) is 9.59 Å². The van der Waals surface area contributed by atoms with Crippen LogP contribution in [-0.4, -0.2) is 56.7 Å². The number of benzene rings is 2. The molecule has 160 valence electrons. The fourth-order valence-electron chi connectivity index (χ4n) is 3.34. The van der Waals surface area contributed by atoms with Crippen LogP contribution in [0.5, 0.6) is 5.75 Å². The van der Waals surface area contributed by atoms with Crippen LogP contribution in [0.1, 0.15) is 29.6 Å². The summed E-state index contributed by atoms with van der Waals surface area (Å²) in [7, 11) is 1.62. The molecular formula is C23H29N3O4. The van der Waals surface area contributed by atoms with E-state index in [1.165, 1.54) is 6.42 Å². The van der Waals surface area contributed by atoms with Crippen LogP contribution in [-0.2, 0) is 9.53 Å². The number of nitrogens with zero attached hydrogens (tertiary/aromatic N) is 1. The van der Waals surface area contributed by atoms with E-state index < -0.39 is 0 Å². The molecule has 2 aromatic rings.